The van der Waals surface area contributed by atoms with Gasteiger partial charge < -0.3 is 10.2 Å². The van der Waals surface area contributed by atoms with Crippen LogP contribution < -0.4 is 0 Å². The fourth-order valence-electron chi connectivity index (χ4n) is 6.27. The highest BCUT2D eigenvalue weighted by Gasteiger charge is 2.52. The molecule has 0 bridgehead atoms. The maximum Gasteiger partial charge on any atom is 0.334 e. The number of aliphatic carboxylic acids is 1. The molecule has 0 aromatic rings. The molecule has 0 heterocycles. The van der Waals surface area contributed by atoms with Crippen molar-refractivity contribution in [2.24, 2.45) is 29.1 Å². The number of carboxylic acid groups (broad SMARTS) is 1. The lowest BCUT2D eigenvalue weighted by Gasteiger charge is -2.41. The molecular formula is C25H36O4. The Morgan fingerprint density at radius 2 is 2.07 bits per heavy atom. The summed E-state index contributed by atoms with van der Waals surface area (Å²) in [7, 11) is 0. The van der Waals surface area contributed by atoms with Crippen LogP contribution >= 0.6 is 0 Å². The first kappa shape index (κ1) is 22.0. The van der Waals surface area contributed by atoms with Crippen molar-refractivity contribution in [3.63, 3.8) is 0 Å². The third kappa shape index (κ3) is 4.14. The number of rotatable bonds is 5. The molecule has 1 fully saturated rings. The van der Waals surface area contributed by atoms with Gasteiger partial charge in [0.2, 0.25) is 0 Å². The minimum absolute atomic E-state index is 0.0239. The molecule has 0 spiro atoms. The average Bonchev–Trinajstić information content (AvgIpc) is 3.04. The summed E-state index contributed by atoms with van der Waals surface area (Å²) in [5.41, 5.74) is 2.58. The average molecular weight is 401 g/mol. The maximum atomic E-state index is 12.6. The van der Waals surface area contributed by atoms with Gasteiger partial charge in [0.05, 0.1) is 11.7 Å². The highest BCUT2D eigenvalue weighted by Crippen LogP contribution is 2.58. The van der Waals surface area contributed by atoms with Crippen LogP contribution in [0.3, 0.4) is 0 Å². The lowest BCUT2D eigenvalue weighted by molar-refractivity contribution is -0.134. The van der Waals surface area contributed by atoms with Crippen molar-refractivity contribution in [1.29, 1.82) is 0 Å². The molecule has 4 heteroatoms. The minimum atomic E-state index is -1.15. The summed E-state index contributed by atoms with van der Waals surface area (Å²) in [4.78, 5) is 24.6. The van der Waals surface area contributed by atoms with Gasteiger partial charge in [-0.15, -0.1) is 0 Å². The van der Waals surface area contributed by atoms with Gasteiger partial charge in [-0.1, -0.05) is 31.1 Å². The van der Waals surface area contributed by atoms with E-state index in [0.29, 0.717) is 23.8 Å². The topological polar surface area (TPSA) is 74.6 Å². The van der Waals surface area contributed by atoms with E-state index < -0.39 is 12.1 Å². The van der Waals surface area contributed by atoms with E-state index >= 15 is 0 Å². The number of ketones is 1. The highest BCUT2D eigenvalue weighted by molar-refractivity contribution is 6.12. The van der Waals surface area contributed by atoms with Crippen molar-refractivity contribution in [2.45, 2.75) is 79.2 Å². The summed E-state index contributed by atoms with van der Waals surface area (Å²) in [6, 6.07) is 0. The minimum Gasteiger partial charge on any atom is -0.478 e. The molecule has 1 saturated carbocycles. The molecule has 4 nitrogen and oxygen atoms in total. The van der Waals surface area contributed by atoms with E-state index in [1.165, 1.54) is 5.57 Å². The van der Waals surface area contributed by atoms with E-state index in [1.807, 2.05) is 6.92 Å². The molecule has 3 aliphatic rings. The Morgan fingerprint density at radius 1 is 1.38 bits per heavy atom. The molecule has 0 aromatic carbocycles. The van der Waals surface area contributed by atoms with Gasteiger partial charge in [0, 0.05) is 11.5 Å². The van der Waals surface area contributed by atoms with E-state index in [4.69, 9.17) is 0 Å². The van der Waals surface area contributed by atoms with E-state index in [-0.39, 0.29) is 28.6 Å². The van der Waals surface area contributed by atoms with Crippen LogP contribution in [0.25, 0.3) is 0 Å². The lowest BCUT2D eigenvalue weighted by atomic mass is 9.63. The highest BCUT2D eigenvalue weighted by atomic mass is 16.4. The van der Waals surface area contributed by atoms with Crippen LogP contribution in [-0.4, -0.2) is 28.1 Å². The van der Waals surface area contributed by atoms with Crippen molar-refractivity contribution in [3.05, 3.63) is 34.4 Å². The monoisotopic (exact) mass is 400 g/mol. The first-order valence-corrected chi connectivity index (χ1v) is 11.1. The molecule has 0 aromatic heterocycles. The Morgan fingerprint density at radius 3 is 2.69 bits per heavy atom. The molecule has 2 N–H and O–H groups in total. The molecule has 0 aliphatic heterocycles. The Bertz CT molecular complexity index is 783. The molecule has 160 valence electrons. The lowest BCUT2D eigenvalue weighted by Crippen LogP contribution is -2.38. The predicted molar refractivity (Wildman–Crippen MR) is 114 cm³/mol. The third-order valence-corrected chi connectivity index (χ3v) is 7.89. The molecule has 0 amide bonds. The fraction of sp³-hybridized carbons (Fsp3) is 0.680. The number of carbonyl (C=O) groups is 2. The maximum absolute atomic E-state index is 12.6. The normalized spacial score (nSPS) is 35.4. The molecule has 0 unspecified atom stereocenters. The zero-order valence-electron chi connectivity index (χ0n) is 18.5. The van der Waals surface area contributed by atoms with Crippen LogP contribution in [0.15, 0.2) is 34.4 Å². The second-order valence-electron chi connectivity index (χ2n) is 10.2. The quantitative estimate of drug-likeness (QED) is 0.631. The third-order valence-electron chi connectivity index (χ3n) is 7.89. The zero-order valence-corrected chi connectivity index (χ0v) is 18.5. The number of hydrogen-bond acceptors (Lipinski definition) is 3. The van der Waals surface area contributed by atoms with E-state index in [2.05, 4.69) is 33.8 Å². The second kappa shape index (κ2) is 8.22. The van der Waals surface area contributed by atoms with Gasteiger partial charge >= 0.3 is 5.97 Å². The summed E-state index contributed by atoms with van der Waals surface area (Å²) < 4.78 is 0. The SMILES string of the molecule is CC(C)=CCC[C@H](C)[C@H]1CC[C@]2(C)C[C@@H]3C(C)=CC(=O)C3=C(C(=O)O)[C@@H](O)C[C@@H]12. The Hall–Kier alpha value is -1.68. The first-order valence-electron chi connectivity index (χ1n) is 11.1. The number of aliphatic hydroxyl groups is 1. The van der Waals surface area contributed by atoms with E-state index in [9.17, 15) is 19.8 Å². The number of hydrogen-bond donors (Lipinski definition) is 2. The zero-order chi connectivity index (χ0) is 21.5. The van der Waals surface area contributed by atoms with Crippen LogP contribution in [0.2, 0.25) is 0 Å². The van der Waals surface area contributed by atoms with Gasteiger partial charge in [0.25, 0.3) is 0 Å². The van der Waals surface area contributed by atoms with Crippen molar-refractivity contribution >= 4 is 11.8 Å². The standard InChI is InChI=1S/C25H36O4/c1-14(2)7-6-8-15(3)17-9-10-25(5)13-18-16(4)11-20(26)22(18)23(24(28)29)21(27)12-19(17)25/h7,11,15,17-19,21,27H,6,8-10,12-13H2,1-5H3,(H,28,29)/t15-,17+,18+,19-,21-,25+/m0/s1. The fourth-order valence-corrected chi connectivity index (χ4v) is 6.27. The van der Waals surface area contributed by atoms with Crippen LogP contribution in [-0.2, 0) is 9.59 Å². The summed E-state index contributed by atoms with van der Waals surface area (Å²) in [5.74, 6) is -0.255. The van der Waals surface area contributed by atoms with Gasteiger partial charge in [-0.25, -0.2) is 4.79 Å². The van der Waals surface area contributed by atoms with Crippen molar-refractivity contribution in [2.75, 3.05) is 0 Å². The first-order chi connectivity index (χ1) is 13.5. The van der Waals surface area contributed by atoms with E-state index in [0.717, 1.165) is 37.7 Å². The van der Waals surface area contributed by atoms with Gasteiger partial charge in [0.15, 0.2) is 5.78 Å². The van der Waals surface area contributed by atoms with Crippen LogP contribution in [0, 0.1) is 29.1 Å². The van der Waals surface area contributed by atoms with Crippen LogP contribution in [0.5, 0.6) is 0 Å². The summed E-state index contributed by atoms with van der Waals surface area (Å²) in [6.07, 6.45) is 8.41. The summed E-state index contributed by atoms with van der Waals surface area (Å²) >= 11 is 0. The van der Waals surface area contributed by atoms with Crippen LogP contribution in [0.4, 0.5) is 0 Å². The van der Waals surface area contributed by atoms with Gasteiger partial charge in [-0.05, 0) is 88.5 Å². The van der Waals surface area contributed by atoms with Gasteiger partial charge in [-0.2, -0.15) is 0 Å². The number of allylic oxidation sites excluding steroid dienone is 5. The smallest absolute Gasteiger partial charge is 0.334 e. The van der Waals surface area contributed by atoms with Crippen molar-refractivity contribution in [1.82, 2.24) is 0 Å². The van der Waals surface area contributed by atoms with Crippen LogP contribution in [0.1, 0.15) is 73.1 Å². The second-order valence-corrected chi connectivity index (χ2v) is 10.2. The molecule has 0 saturated heterocycles. The molecule has 29 heavy (non-hydrogen) atoms. The van der Waals surface area contributed by atoms with Crippen molar-refractivity contribution in [3.8, 4) is 0 Å². The molecular weight excluding hydrogens is 364 g/mol. The molecule has 3 rings (SSSR count). The predicted octanol–water partition coefficient (Wildman–Crippen LogP) is 5.08. The van der Waals surface area contributed by atoms with Crippen molar-refractivity contribution < 1.29 is 19.8 Å². The number of aliphatic hydroxyl groups excluding tert-OH is 1. The number of carbonyl (C=O) groups excluding carboxylic acids is 1. The Kier molecular flexibility index (Phi) is 6.24. The molecule has 3 aliphatic carbocycles. The number of fused-ring (bicyclic) bond motifs is 2. The Balaban J connectivity index is 1.93. The summed E-state index contributed by atoms with van der Waals surface area (Å²) in [5, 5.41) is 20.8. The van der Waals surface area contributed by atoms with Gasteiger partial charge in [-0.3, -0.25) is 4.79 Å². The summed E-state index contributed by atoms with van der Waals surface area (Å²) in [6.45, 7) is 10.8. The van der Waals surface area contributed by atoms with E-state index in [1.54, 1.807) is 6.08 Å². The number of carboxylic acids is 1. The largest absolute Gasteiger partial charge is 0.478 e. The van der Waals surface area contributed by atoms with Gasteiger partial charge in [0.1, 0.15) is 0 Å². The molecule has 6 atom stereocenters. The Labute approximate surface area is 174 Å². The molecule has 0 radical (unpaired) electrons.